The van der Waals surface area contributed by atoms with Gasteiger partial charge >= 0.3 is 6.03 Å². The number of rotatable bonds is 11. The van der Waals surface area contributed by atoms with Gasteiger partial charge in [0.05, 0.1) is 0 Å². The van der Waals surface area contributed by atoms with Crippen LogP contribution in [0.3, 0.4) is 0 Å². The van der Waals surface area contributed by atoms with E-state index in [0.29, 0.717) is 0 Å². The van der Waals surface area contributed by atoms with Crippen LogP contribution in [0.5, 0.6) is 0 Å². The molecule has 17 nitrogen and oxygen atoms in total. The van der Waals surface area contributed by atoms with Crippen LogP contribution < -0.4 is 25.3 Å². The maximum atomic E-state index is 10.1. The van der Waals surface area contributed by atoms with Gasteiger partial charge < -0.3 is 51.5 Å². The first-order valence-corrected chi connectivity index (χ1v) is 7.85. The zero-order valence-corrected chi connectivity index (χ0v) is 15.3. The van der Waals surface area contributed by atoms with Crippen LogP contribution in [0.15, 0.2) is 0 Å². The predicted octanol–water partition coefficient (Wildman–Crippen LogP) is -5.83. The lowest BCUT2D eigenvalue weighted by molar-refractivity contribution is 0.201. The Labute approximate surface area is 164 Å². The smallest absolute Gasteiger partial charge is 0.318 e. The topological polar surface area (TPSA) is 251 Å². The third kappa shape index (κ3) is 8.93. The summed E-state index contributed by atoms with van der Waals surface area (Å²) in [6.07, 6.45) is 0. The summed E-state index contributed by atoms with van der Waals surface area (Å²) in [4.78, 5) is 24.6. The number of nitrogens with one attached hydrogen (secondary N) is 2. The fourth-order valence-electron chi connectivity index (χ4n) is 1.49. The number of hydrogen-bond acceptors (Lipinski definition) is 15. The molecule has 0 aliphatic heterocycles. The molecule has 1 aromatic rings. The Kier molecular flexibility index (Phi) is 13.9. The lowest BCUT2D eigenvalue weighted by Crippen LogP contribution is -2.36. The van der Waals surface area contributed by atoms with Crippen molar-refractivity contribution in [2.24, 2.45) is 0 Å². The van der Waals surface area contributed by atoms with Crippen molar-refractivity contribution in [3.63, 3.8) is 0 Å². The molecule has 1 rings (SSSR count). The van der Waals surface area contributed by atoms with E-state index in [1.54, 1.807) is 0 Å². The minimum Gasteiger partial charge on any atom is -0.376 e. The fourth-order valence-corrected chi connectivity index (χ4v) is 1.49. The standard InChI is InChI=1S/C9H18N6O6.C3H8N2O3/c16-1-13(2-17)7-10-8(14(3-18)4-19)12-9(11-7)15(5-20)6-21;6-1-4-3(8)5-2-7/h16-21H,1-6H2;6-7H,1-2H2,(H2,4,5,8). The number of anilines is 3. The molecule has 17 heteroatoms. The number of amides is 2. The van der Waals surface area contributed by atoms with Gasteiger partial charge in [-0.3, -0.25) is 14.7 Å². The first kappa shape index (κ1) is 26.4. The van der Waals surface area contributed by atoms with Gasteiger partial charge in [0.15, 0.2) is 0 Å². The van der Waals surface area contributed by atoms with Crippen LogP contribution in [-0.4, -0.2) is 116 Å². The second-order valence-electron chi connectivity index (χ2n) is 4.70. The molecule has 0 unspecified atom stereocenters. The summed E-state index contributed by atoms with van der Waals surface area (Å²) in [5.41, 5.74) is 0. The normalized spacial score (nSPS) is 9.93. The van der Waals surface area contributed by atoms with Crippen molar-refractivity contribution < 1.29 is 45.6 Å². The van der Waals surface area contributed by atoms with Crippen molar-refractivity contribution in [1.82, 2.24) is 25.6 Å². The van der Waals surface area contributed by atoms with Crippen molar-refractivity contribution in [3.05, 3.63) is 0 Å². The van der Waals surface area contributed by atoms with Crippen molar-refractivity contribution in [2.75, 3.05) is 68.5 Å². The molecule has 0 aromatic carbocycles. The van der Waals surface area contributed by atoms with Crippen LogP contribution >= 0.6 is 0 Å². The van der Waals surface area contributed by atoms with Crippen LogP contribution in [-0.2, 0) is 0 Å². The Bertz CT molecular complexity index is 490. The van der Waals surface area contributed by atoms with E-state index in [2.05, 4.69) is 15.0 Å². The number of carbonyl (C=O) groups excluding carboxylic acids is 1. The quantitative estimate of drug-likeness (QED) is 0.148. The highest BCUT2D eigenvalue weighted by Crippen LogP contribution is 2.18. The van der Waals surface area contributed by atoms with E-state index in [9.17, 15) is 4.79 Å². The average molecular weight is 426 g/mol. The van der Waals surface area contributed by atoms with Gasteiger partial charge in [-0.15, -0.1) is 0 Å². The van der Waals surface area contributed by atoms with Gasteiger partial charge in [0, 0.05) is 0 Å². The first-order valence-electron chi connectivity index (χ1n) is 7.85. The van der Waals surface area contributed by atoms with E-state index in [4.69, 9.17) is 40.9 Å². The molecule has 29 heavy (non-hydrogen) atoms. The summed E-state index contributed by atoms with van der Waals surface area (Å²) in [6.45, 7) is -4.46. The molecule has 1 aromatic heterocycles. The van der Waals surface area contributed by atoms with Gasteiger partial charge in [-0.1, -0.05) is 0 Å². The van der Waals surface area contributed by atoms with Crippen molar-refractivity contribution >= 4 is 23.9 Å². The maximum absolute atomic E-state index is 10.1. The monoisotopic (exact) mass is 426 g/mol. The van der Waals surface area contributed by atoms with Gasteiger partial charge in [-0.2, -0.15) is 15.0 Å². The van der Waals surface area contributed by atoms with Gasteiger partial charge in [-0.05, 0) is 0 Å². The number of hydrogen-bond donors (Lipinski definition) is 10. The Hall–Kier alpha value is -2.64. The van der Waals surface area contributed by atoms with Gasteiger partial charge in [-0.25, -0.2) is 4.79 Å². The first-order chi connectivity index (χ1) is 13.9. The minimum absolute atomic E-state index is 0.168. The average Bonchev–Trinajstić information content (AvgIpc) is 2.72. The summed E-state index contributed by atoms with van der Waals surface area (Å²) in [5, 5.41) is 74.7. The second-order valence-corrected chi connectivity index (χ2v) is 4.70. The number of carbonyl (C=O) groups is 1. The molecule has 0 bridgehead atoms. The van der Waals surface area contributed by atoms with E-state index in [1.807, 2.05) is 10.6 Å². The molecule has 168 valence electrons. The lowest BCUT2D eigenvalue weighted by atomic mass is 10.6. The molecule has 0 aliphatic rings. The van der Waals surface area contributed by atoms with E-state index in [0.717, 1.165) is 14.7 Å². The molecule has 0 atom stereocenters. The number of aromatic nitrogens is 3. The van der Waals surface area contributed by atoms with Crippen LogP contribution in [0.1, 0.15) is 0 Å². The molecule has 2 amide bonds. The van der Waals surface area contributed by atoms with Gasteiger partial charge in [0.2, 0.25) is 17.8 Å². The van der Waals surface area contributed by atoms with Gasteiger partial charge in [0.25, 0.3) is 0 Å². The van der Waals surface area contributed by atoms with Crippen molar-refractivity contribution in [1.29, 1.82) is 0 Å². The molecule has 1 heterocycles. The van der Waals surface area contributed by atoms with E-state index >= 15 is 0 Å². The van der Waals surface area contributed by atoms with E-state index < -0.39 is 59.9 Å². The number of urea groups is 1. The largest absolute Gasteiger partial charge is 0.376 e. The SMILES string of the molecule is O=C(NCO)NCO.OCN(CO)c1nc(N(CO)CO)nc(N(CO)CO)n1. The molecule has 10 N–H and O–H groups in total. The second kappa shape index (κ2) is 15.3. The summed E-state index contributed by atoms with van der Waals surface area (Å²) < 4.78 is 0. The summed E-state index contributed by atoms with van der Waals surface area (Å²) in [7, 11) is 0. The summed E-state index contributed by atoms with van der Waals surface area (Å²) in [5.74, 6) is -0.503. The van der Waals surface area contributed by atoms with E-state index in [-0.39, 0.29) is 17.8 Å². The maximum Gasteiger partial charge on any atom is 0.318 e. The predicted molar refractivity (Wildman–Crippen MR) is 95.6 cm³/mol. The van der Waals surface area contributed by atoms with Crippen LogP contribution in [0.4, 0.5) is 22.6 Å². The Morgan fingerprint density at radius 3 is 1.00 bits per heavy atom. The zero-order valence-electron chi connectivity index (χ0n) is 15.3. The molecule has 0 fully saturated rings. The minimum atomic E-state index is -0.601. The number of nitrogens with zero attached hydrogens (tertiary/aromatic N) is 6. The lowest BCUT2D eigenvalue weighted by Gasteiger charge is -2.24. The molecule has 0 aliphatic carbocycles. The number of aliphatic hydroxyl groups is 8. The third-order valence-corrected chi connectivity index (χ3v) is 2.95. The Morgan fingerprint density at radius 1 is 0.586 bits per heavy atom. The molecular weight excluding hydrogens is 400 g/mol. The molecule has 0 saturated heterocycles. The molecule has 0 radical (unpaired) electrons. The molecular formula is C12H26N8O9. The summed E-state index contributed by atoms with van der Waals surface area (Å²) in [6, 6.07) is -0.588. The van der Waals surface area contributed by atoms with Crippen molar-refractivity contribution in [2.45, 2.75) is 0 Å². The van der Waals surface area contributed by atoms with Crippen LogP contribution in [0.25, 0.3) is 0 Å². The molecule has 0 spiro atoms. The Balaban J connectivity index is 0.000000828. The molecule has 0 saturated carbocycles. The van der Waals surface area contributed by atoms with E-state index in [1.165, 1.54) is 0 Å². The van der Waals surface area contributed by atoms with Gasteiger partial charge in [0.1, 0.15) is 53.8 Å². The highest BCUT2D eigenvalue weighted by Gasteiger charge is 2.18. The Morgan fingerprint density at radius 2 is 0.828 bits per heavy atom. The summed E-state index contributed by atoms with van der Waals surface area (Å²) >= 11 is 0. The number of aliphatic hydroxyl groups excluding tert-OH is 8. The van der Waals surface area contributed by atoms with Crippen LogP contribution in [0.2, 0.25) is 0 Å². The highest BCUT2D eigenvalue weighted by molar-refractivity contribution is 5.73. The van der Waals surface area contributed by atoms with Crippen molar-refractivity contribution in [3.8, 4) is 0 Å². The zero-order chi connectivity index (χ0) is 22.2. The fraction of sp³-hybridized carbons (Fsp3) is 0.667. The highest BCUT2D eigenvalue weighted by atomic mass is 16.3. The third-order valence-electron chi connectivity index (χ3n) is 2.95. The van der Waals surface area contributed by atoms with Crippen LogP contribution in [0, 0.1) is 0 Å².